The smallest absolute Gasteiger partial charge is 0.258 e. The van der Waals surface area contributed by atoms with Crippen molar-refractivity contribution in [1.29, 1.82) is 0 Å². The highest BCUT2D eigenvalue weighted by molar-refractivity contribution is 5.97. The summed E-state index contributed by atoms with van der Waals surface area (Å²) >= 11 is 0. The van der Waals surface area contributed by atoms with Crippen LogP contribution in [0.1, 0.15) is 53.7 Å². The molecule has 1 heterocycles. The summed E-state index contributed by atoms with van der Waals surface area (Å²) in [5.74, 6) is 0.368. The molecule has 1 fully saturated rings. The fraction of sp³-hybridized carbons (Fsp3) is 0.346. The number of rotatable bonds is 7. The molecule has 31 heavy (non-hydrogen) atoms. The molecule has 0 saturated heterocycles. The predicted molar refractivity (Wildman–Crippen MR) is 120 cm³/mol. The van der Waals surface area contributed by atoms with Gasteiger partial charge in [0.25, 0.3) is 5.91 Å². The number of amides is 1. The lowest BCUT2D eigenvalue weighted by Gasteiger charge is -2.35. The summed E-state index contributed by atoms with van der Waals surface area (Å²) in [6.45, 7) is 1.09. The van der Waals surface area contributed by atoms with Gasteiger partial charge >= 0.3 is 0 Å². The van der Waals surface area contributed by atoms with Gasteiger partial charge in [0.15, 0.2) is 0 Å². The highest BCUT2D eigenvalue weighted by Crippen LogP contribution is 2.28. The zero-order chi connectivity index (χ0) is 21.6. The molecule has 0 radical (unpaired) electrons. The van der Waals surface area contributed by atoms with Crippen LogP contribution < -0.4 is 4.74 Å². The number of ether oxygens (including phenoxy) is 1. The second kappa shape index (κ2) is 9.82. The molecule has 5 heteroatoms. The number of nitrogens with zero attached hydrogens (tertiary/aromatic N) is 2. The van der Waals surface area contributed by atoms with E-state index in [1.54, 1.807) is 19.2 Å². The molecule has 1 aliphatic rings. The molecular weight excluding hydrogens is 391 g/mol. The van der Waals surface area contributed by atoms with E-state index in [2.05, 4.69) is 4.57 Å². The highest BCUT2D eigenvalue weighted by Gasteiger charge is 2.28. The van der Waals surface area contributed by atoms with Crippen molar-refractivity contribution >= 4 is 5.91 Å². The van der Waals surface area contributed by atoms with Crippen LogP contribution in [-0.4, -0.2) is 28.5 Å². The Balaban J connectivity index is 1.61. The van der Waals surface area contributed by atoms with Gasteiger partial charge < -0.3 is 14.2 Å². The Bertz CT molecular complexity index is 1020. The van der Waals surface area contributed by atoms with Crippen LogP contribution in [0.15, 0.2) is 66.9 Å². The van der Waals surface area contributed by atoms with Crippen LogP contribution in [0, 0.1) is 5.82 Å². The average Bonchev–Trinajstić information content (AvgIpc) is 3.24. The molecule has 2 aromatic carbocycles. The van der Waals surface area contributed by atoms with Gasteiger partial charge in [-0.1, -0.05) is 43.5 Å². The Kier molecular flexibility index (Phi) is 6.70. The van der Waals surface area contributed by atoms with E-state index in [-0.39, 0.29) is 17.8 Å². The molecule has 1 saturated carbocycles. The standard InChI is InChI=1S/C26H29FN2O2/c1-31-25-15-6-5-14-24(25)26(30)29(22-11-3-2-4-12-22)19-23-13-8-16-28(23)18-20-9-7-10-21(27)17-20/h5-10,13-17,22H,2-4,11-12,18-19H2,1H3. The van der Waals surface area contributed by atoms with Gasteiger partial charge in [0, 0.05) is 24.5 Å². The number of carbonyl (C=O) groups excluding carboxylic acids is 1. The monoisotopic (exact) mass is 420 g/mol. The molecule has 0 aliphatic heterocycles. The fourth-order valence-corrected chi connectivity index (χ4v) is 4.49. The van der Waals surface area contributed by atoms with Crippen LogP contribution >= 0.6 is 0 Å². The lowest BCUT2D eigenvalue weighted by atomic mass is 9.93. The van der Waals surface area contributed by atoms with E-state index in [4.69, 9.17) is 4.74 Å². The summed E-state index contributed by atoms with van der Waals surface area (Å²) in [6, 6.07) is 18.3. The third-order valence-electron chi connectivity index (χ3n) is 6.11. The first-order valence-corrected chi connectivity index (χ1v) is 11.0. The number of hydrogen-bond donors (Lipinski definition) is 0. The lowest BCUT2D eigenvalue weighted by molar-refractivity contribution is 0.0605. The summed E-state index contributed by atoms with van der Waals surface area (Å²) in [4.78, 5) is 15.7. The Hall–Kier alpha value is -3.08. The second-order valence-electron chi connectivity index (χ2n) is 8.18. The number of carbonyl (C=O) groups is 1. The summed E-state index contributed by atoms with van der Waals surface area (Å²) in [5.41, 5.74) is 2.54. The van der Waals surface area contributed by atoms with Crippen LogP contribution in [0.25, 0.3) is 0 Å². The molecule has 1 aromatic heterocycles. The molecule has 4 rings (SSSR count). The zero-order valence-corrected chi connectivity index (χ0v) is 18.0. The van der Waals surface area contributed by atoms with Crippen LogP contribution in [0.3, 0.4) is 0 Å². The summed E-state index contributed by atoms with van der Waals surface area (Å²) < 4.78 is 21.2. The summed E-state index contributed by atoms with van der Waals surface area (Å²) in [7, 11) is 1.60. The average molecular weight is 421 g/mol. The van der Waals surface area contributed by atoms with Gasteiger partial charge in [-0.15, -0.1) is 0 Å². The largest absolute Gasteiger partial charge is 0.496 e. The number of hydrogen-bond acceptors (Lipinski definition) is 2. The maximum absolute atomic E-state index is 13.7. The van der Waals surface area contributed by atoms with Gasteiger partial charge in [0.1, 0.15) is 11.6 Å². The van der Waals surface area contributed by atoms with Crippen LogP contribution in [0.5, 0.6) is 5.75 Å². The van der Waals surface area contributed by atoms with Gasteiger partial charge in [0.05, 0.1) is 19.2 Å². The minimum absolute atomic E-state index is 0.00264. The van der Waals surface area contributed by atoms with Crippen LogP contribution in [0.2, 0.25) is 0 Å². The summed E-state index contributed by atoms with van der Waals surface area (Å²) in [5, 5.41) is 0. The van der Waals surface area contributed by atoms with Gasteiger partial charge in [-0.25, -0.2) is 4.39 Å². The van der Waals surface area contributed by atoms with Crippen molar-refractivity contribution < 1.29 is 13.9 Å². The Labute approximate surface area is 183 Å². The maximum Gasteiger partial charge on any atom is 0.258 e. The third-order valence-corrected chi connectivity index (χ3v) is 6.11. The van der Waals surface area contributed by atoms with Crippen LogP contribution in [0.4, 0.5) is 4.39 Å². The summed E-state index contributed by atoms with van der Waals surface area (Å²) in [6.07, 6.45) is 7.54. The molecule has 0 atom stereocenters. The van der Waals surface area contributed by atoms with Crippen molar-refractivity contribution in [1.82, 2.24) is 9.47 Å². The molecule has 0 unspecified atom stereocenters. The molecule has 0 bridgehead atoms. The molecule has 3 aromatic rings. The number of benzene rings is 2. The first-order valence-electron chi connectivity index (χ1n) is 11.0. The van der Waals surface area contributed by atoms with E-state index in [1.807, 2.05) is 53.6 Å². The van der Waals surface area contributed by atoms with Crippen molar-refractivity contribution in [3.8, 4) is 5.75 Å². The lowest BCUT2D eigenvalue weighted by Crippen LogP contribution is -2.41. The molecule has 0 spiro atoms. The van der Waals surface area contributed by atoms with E-state index in [0.717, 1.165) is 36.9 Å². The zero-order valence-electron chi connectivity index (χ0n) is 18.0. The Morgan fingerprint density at radius 1 is 1.06 bits per heavy atom. The third kappa shape index (κ3) is 4.98. The van der Waals surface area contributed by atoms with E-state index in [1.165, 1.54) is 12.5 Å². The van der Waals surface area contributed by atoms with Crippen molar-refractivity contribution in [2.75, 3.05) is 7.11 Å². The van der Waals surface area contributed by atoms with E-state index < -0.39 is 0 Å². The number of para-hydroxylation sites is 1. The molecule has 1 amide bonds. The fourth-order valence-electron chi connectivity index (χ4n) is 4.49. The van der Waals surface area contributed by atoms with Crippen molar-refractivity contribution in [2.45, 2.75) is 51.2 Å². The molecule has 1 aliphatic carbocycles. The highest BCUT2D eigenvalue weighted by atomic mass is 19.1. The minimum Gasteiger partial charge on any atom is -0.496 e. The topological polar surface area (TPSA) is 34.5 Å². The number of aromatic nitrogens is 1. The van der Waals surface area contributed by atoms with Crippen molar-refractivity contribution in [2.24, 2.45) is 0 Å². The predicted octanol–water partition coefficient (Wildman–Crippen LogP) is 5.66. The van der Waals surface area contributed by atoms with Gasteiger partial charge in [-0.2, -0.15) is 0 Å². The minimum atomic E-state index is -0.235. The normalized spacial score (nSPS) is 14.4. The second-order valence-corrected chi connectivity index (χ2v) is 8.18. The van der Waals surface area contributed by atoms with E-state index in [9.17, 15) is 9.18 Å². The molecular formula is C26H29FN2O2. The molecule has 162 valence electrons. The van der Waals surface area contributed by atoms with Crippen LogP contribution in [-0.2, 0) is 13.1 Å². The first-order chi connectivity index (χ1) is 15.2. The number of halogens is 1. The van der Waals surface area contributed by atoms with Gasteiger partial charge in [-0.05, 0) is 54.8 Å². The first kappa shape index (κ1) is 21.2. The molecule has 4 nitrogen and oxygen atoms in total. The maximum atomic E-state index is 13.7. The van der Waals surface area contributed by atoms with Gasteiger partial charge in [-0.3, -0.25) is 4.79 Å². The van der Waals surface area contributed by atoms with Crippen molar-refractivity contribution in [3.05, 3.63) is 89.5 Å². The van der Waals surface area contributed by atoms with Gasteiger partial charge in [0.2, 0.25) is 0 Å². The van der Waals surface area contributed by atoms with Crippen molar-refractivity contribution in [3.63, 3.8) is 0 Å². The number of methoxy groups -OCH3 is 1. The Morgan fingerprint density at radius 2 is 1.87 bits per heavy atom. The molecule has 0 N–H and O–H groups in total. The SMILES string of the molecule is COc1ccccc1C(=O)N(Cc1cccn1Cc1cccc(F)c1)C1CCCCC1. The Morgan fingerprint density at radius 3 is 2.65 bits per heavy atom. The van der Waals surface area contributed by atoms with E-state index in [0.29, 0.717) is 24.4 Å². The quantitative estimate of drug-likeness (QED) is 0.494. The van der Waals surface area contributed by atoms with E-state index >= 15 is 0 Å².